The maximum absolute atomic E-state index is 5.57. The molecule has 0 amide bonds. The first kappa shape index (κ1) is 10.7. The number of benzene rings is 1. The molecule has 82 valence electrons. The van der Waals surface area contributed by atoms with E-state index in [1.807, 2.05) is 43.3 Å². The molecule has 3 nitrogen and oxygen atoms in total. The van der Waals surface area contributed by atoms with E-state index in [2.05, 4.69) is 5.32 Å². The van der Waals surface area contributed by atoms with Crippen molar-refractivity contribution in [3.63, 3.8) is 0 Å². The van der Waals surface area contributed by atoms with Crippen LogP contribution in [0, 0.1) is 6.92 Å². The number of hydrogen-bond acceptors (Lipinski definition) is 2. The molecule has 1 aromatic carbocycles. The van der Waals surface area contributed by atoms with Gasteiger partial charge in [0, 0.05) is 5.56 Å². The van der Waals surface area contributed by atoms with Crippen molar-refractivity contribution in [3.05, 3.63) is 42.2 Å². The van der Waals surface area contributed by atoms with Crippen LogP contribution in [0.3, 0.4) is 0 Å². The number of thiocarbonyl (C=S) groups is 1. The molecule has 0 saturated carbocycles. The lowest BCUT2D eigenvalue weighted by Gasteiger charge is -2.08. The molecular weight excluding hydrogens is 220 g/mol. The highest BCUT2D eigenvalue weighted by Crippen LogP contribution is 2.29. The second-order valence-corrected chi connectivity index (χ2v) is 3.88. The predicted octanol–water partition coefficient (Wildman–Crippen LogP) is 2.91. The molecule has 0 atom stereocenters. The van der Waals surface area contributed by atoms with E-state index in [9.17, 15) is 0 Å². The first-order valence-corrected chi connectivity index (χ1v) is 5.30. The molecule has 4 heteroatoms. The molecule has 1 aromatic heterocycles. The molecule has 0 saturated heterocycles. The average molecular weight is 232 g/mol. The Kier molecular flexibility index (Phi) is 2.92. The average Bonchev–Trinajstić information content (AvgIpc) is 2.65. The van der Waals surface area contributed by atoms with Crippen LogP contribution in [-0.2, 0) is 0 Å². The van der Waals surface area contributed by atoms with Crippen molar-refractivity contribution >= 4 is 23.0 Å². The van der Waals surface area contributed by atoms with E-state index >= 15 is 0 Å². The third kappa shape index (κ3) is 2.23. The molecule has 0 fully saturated rings. The maximum atomic E-state index is 5.57. The van der Waals surface area contributed by atoms with Crippen molar-refractivity contribution in [1.29, 1.82) is 0 Å². The highest BCUT2D eigenvalue weighted by molar-refractivity contribution is 7.80. The summed E-state index contributed by atoms with van der Waals surface area (Å²) in [7, 11) is 0. The molecule has 0 aliphatic heterocycles. The van der Waals surface area contributed by atoms with Gasteiger partial charge in [-0.25, -0.2) is 0 Å². The summed E-state index contributed by atoms with van der Waals surface area (Å²) in [5.41, 5.74) is 7.27. The van der Waals surface area contributed by atoms with E-state index in [-0.39, 0.29) is 5.11 Å². The smallest absolute Gasteiger partial charge is 0.168 e. The summed E-state index contributed by atoms with van der Waals surface area (Å²) in [6.45, 7) is 1.91. The molecule has 0 aliphatic carbocycles. The lowest BCUT2D eigenvalue weighted by atomic mass is 10.1. The van der Waals surface area contributed by atoms with E-state index in [4.69, 9.17) is 22.4 Å². The Morgan fingerprint density at radius 3 is 2.62 bits per heavy atom. The van der Waals surface area contributed by atoms with E-state index in [1.165, 1.54) is 0 Å². The van der Waals surface area contributed by atoms with Crippen molar-refractivity contribution in [3.8, 4) is 11.3 Å². The Balaban J connectivity index is 2.43. The molecule has 0 radical (unpaired) electrons. The van der Waals surface area contributed by atoms with Crippen LogP contribution in [0.4, 0.5) is 5.69 Å². The fraction of sp³-hybridized carbons (Fsp3) is 0.0833. The van der Waals surface area contributed by atoms with Crippen LogP contribution >= 0.6 is 12.2 Å². The second-order valence-electron chi connectivity index (χ2n) is 3.45. The fourth-order valence-electron chi connectivity index (χ4n) is 1.52. The molecule has 2 aromatic rings. The summed E-state index contributed by atoms with van der Waals surface area (Å²) < 4.78 is 5.57. The number of nitrogens with two attached hydrogens (primary N) is 1. The summed E-state index contributed by atoms with van der Waals surface area (Å²) in [6, 6.07) is 11.6. The number of nitrogens with one attached hydrogen (secondary N) is 1. The van der Waals surface area contributed by atoms with Crippen LogP contribution in [-0.4, -0.2) is 5.11 Å². The third-order valence-electron chi connectivity index (χ3n) is 2.19. The Morgan fingerprint density at radius 1 is 1.25 bits per heavy atom. The number of para-hydroxylation sites is 1. The summed E-state index contributed by atoms with van der Waals surface area (Å²) in [5.74, 6) is 1.68. The van der Waals surface area contributed by atoms with Gasteiger partial charge in [-0.1, -0.05) is 12.1 Å². The van der Waals surface area contributed by atoms with Gasteiger partial charge in [0.2, 0.25) is 0 Å². The summed E-state index contributed by atoms with van der Waals surface area (Å²) in [6.07, 6.45) is 0. The van der Waals surface area contributed by atoms with E-state index in [0.717, 1.165) is 22.8 Å². The zero-order chi connectivity index (χ0) is 11.5. The van der Waals surface area contributed by atoms with Gasteiger partial charge in [0.25, 0.3) is 0 Å². The topological polar surface area (TPSA) is 51.2 Å². The minimum atomic E-state index is 0.246. The van der Waals surface area contributed by atoms with Gasteiger partial charge in [-0.2, -0.15) is 0 Å². The molecule has 0 aliphatic rings. The quantitative estimate of drug-likeness (QED) is 0.782. The minimum Gasteiger partial charge on any atom is -0.461 e. The second kappa shape index (κ2) is 4.37. The van der Waals surface area contributed by atoms with Gasteiger partial charge in [0.15, 0.2) is 5.11 Å². The van der Waals surface area contributed by atoms with Gasteiger partial charge in [-0.3, -0.25) is 0 Å². The molecule has 16 heavy (non-hydrogen) atoms. The zero-order valence-corrected chi connectivity index (χ0v) is 9.67. The molecule has 0 spiro atoms. The largest absolute Gasteiger partial charge is 0.461 e. The van der Waals surface area contributed by atoms with Gasteiger partial charge in [-0.15, -0.1) is 0 Å². The lowest BCUT2D eigenvalue weighted by molar-refractivity contribution is 0.548. The number of anilines is 1. The maximum Gasteiger partial charge on any atom is 0.168 e. The van der Waals surface area contributed by atoms with Crippen LogP contribution in [0.1, 0.15) is 5.76 Å². The number of furan rings is 1. The predicted molar refractivity (Wildman–Crippen MR) is 69.3 cm³/mol. The summed E-state index contributed by atoms with van der Waals surface area (Å²) in [5, 5.41) is 3.18. The first-order valence-electron chi connectivity index (χ1n) is 4.89. The van der Waals surface area contributed by atoms with Crippen molar-refractivity contribution < 1.29 is 4.42 Å². The number of hydrogen-bond donors (Lipinski definition) is 2. The zero-order valence-electron chi connectivity index (χ0n) is 8.86. The third-order valence-corrected chi connectivity index (χ3v) is 2.29. The number of rotatable bonds is 2. The van der Waals surface area contributed by atoms with Crippen molar-refractivity contribution in [2.75, 3.05) is 5.32 Å². The normalized spacial score (nSPS) is 10.1. The Bertz CT molecular complexity index is 519. The van der Waals surface area contributed by atoms with E-state index in [1.54, 1.807) is 0 Å². The van der Waals surface area contributed by atoms with Crippen LogP contribution in [0.2, 0.25) is 0 Å². The van der Waals surface area contributed by atoms with E-state index in [0.29, 0.717) is 0 Å². The van der Waals surface area contributed by atoms with Crippen LogP contribution in [0.15, 0.2) is 40.8 Å². The van der Waals surface area contributed by atoms with Gasteiger partial charge < -0.3 is 15.5 Å². The van der Waals surface area contributed by atoms with Crippen molar-refractivity contribution in [2.45, 2.75) is 6.92 Å². The van der Waals surface area contributed by atoms with Crippen LogP contribution in [0.5, 0.6) is 0 Å². The summed E-state index contributed by atoms with van der Waals surface area (Å²) >= 11 is 4.83. The van der Waals surface area contributed by atoms with Gasteiger partial charge in [0.1, 0.15) is 11.5 Å². The van der Waals surface area contributed by atoms with Gasteiger partial charge in [-0.05, 0) is 43.4 Å². The molecule has 1 heterocycles. The standard InChI is InChI=1S/C12H12N2OS/c1-8-6-7-11(15-8)9-4-2-3-5-10(9)14-12(13)16/h2-7H,1H3,(H3,13,14,16). The molecule has 0 bridgehead atoms. The Labute approximate surface area is 99.3 Å². The van der Waals surface area contributed by atoms with E-state index < -0.39 is 0 Å². The Hall–Kier alpha value is -1.81. The molecule has 2 rings (SSSR count). The highest BCUT2D eigenvalue weighted by Gasteiger charge is 2.07. The SMILES string of the molecule is Cc1ccc(-c2ccccc2NC(N)=S)o1. The van der Waals surface area contributed by atoms with Crippen molar-refractivity contribution in [2.24, 2.45) is 5.73 Å². The monoisotopic (exact) mass is 232 g/mol. The van der Waals surface area contributed by atoms with Crippen LogP contribution < -0.4 is 11.1 Å². The first-order chi connectivity index (χ1) is 7.66. The number of aryl methyl sites for hydroxylation is 1. The fourth-order valence-corrected chi connectivity index (χ4v) is 1.63. The van der Waals surface area contributed by atoms with Gasteiger partial charge >= 0.3 is 0 Å². The highest BCUT2D eigenvalue weighted by atomic mass is 32.1. The molecule has 0 unspecified atom stereocenters. The van der Waals surface area contributed by atoms with Gasteiger partial charge in [0.05, 0.1) is 5.69 Å². The lowest BCUT2D eigenvalue weighted by Crippen LogP contribution is -2.19. The Morgan fingerprint density at radius 2 is 2.00 bits per heavy atom. The molecular formula is C12H12N2OS. The van der Waals surface area contributed by atoms with Crippen LogP contribution in [0.25, 0.3) is 11.3 Å². The summed E-state index contributed by atoms with van der Waals surface area (Å²) in [4.78, 5) is 0. The van der Waals surface area contributed by atoms with Crippen molar-refractivity contribution in [1.82, 2.24) is 0 Å². The molecule has 3 N–H and O–H groups in total. The minimum absolute atomic E-state index is 0.246.